The molecule has 0 aliphatic carbocycles. The molecule has 1 aliphatic heterocycles. The zero-order chi connectivity index (χ0) is 12.3. The Hall–Kier alpha value is -1.89. The SMILES string of the molecule is C=CC1=C(C=C)N=C(Cc2ccc(C)cc2)C1. The third-order valence-corrected chi connectivity index (χ3v) is 2.97. The first-order chi connectivity index (χ1) is 8.22. The average molecular weight is 223 g/mol. The quantitative estimate of drug-likeness (QED) is 0.731. The molecule has 2 rings (SSSR count). The van der Waals surface area contributed by atoms with Crippen LogP contribution in [-0.2, 0) is 6.42 Å². The number of rotatable bonds is 4. The van der Waals surface area contributed by atoms with E-state index < -0.39 is 0 Å². The van der Waals surface area contributed by atoms with E-state index >= 15 is 0 Å². The highest BCUT2D eigenvalue weighted by Crippen LogP contribution is 2.23. The summed E-state index contributed by atoms with van der Waals surface area (Å²) < 4.78 is 0. The summed E-state index contributed by atoms with van der Waals surface area (Å²) in [5.41, 5.74) is 5.95. The summed E-state index contributed by atoms with van der Waals surface area (Å²) in [6.45, 7) is 9.70. The summed E-state index contributed by atoms with van der Waals surface area (Å²) >= 11 is 0. The van der Waals surface area contributed by atoms with E-state index in [1.165, 1.54) is 22.4 Å². The summed E-state index contributed by atoms with van der Waals surface area (Å²) in [6, 6.07) is 8.61. The third-order valence-electron chi connectivity index (χ3n) is 2.97. The number of benzene rings is 1. The van der Waals surface area contributed by atoms with Crippen molar-refractivity contribution in [2.24, 2.45) is 4.99 Å². The van der Waals surface area contributed by atoms with Crippen molar-refractivity contribution in [1.82, 2.24) is 0 Å². The van der Waals surface area contributed by atoms with Crippen molar-refractivity contribution >= 4 is 5.71 Å². The molecule has 1 heterocycles. The van der Waals surface area contributed by atoms with E-state index in [1.54, 1.807) is 6.08 Å². The highest BCUT2D eigenvalue weighted by atomic mass is 14.8. The van der Waals surface area contributed by atoms with Crippen LogP contribution >= 0.6 is 0 Å². The third kappa shape index (κ3) is 2.62. The van der Waals surface area contributed by atoms with E-state index in [9.17, 15) is 0 Å². The molecule has 0 saturated heterocycles. The van der Waals surface area contributed by atoms with Crippen LogP contribution in [0.5, 0.6) is 0 Å². The molecule has 1 aliphatic rings. The maximum absolute atomic E-state index is 4.58. The van der Waals surface area contributed by atoms with Crippen LogP contribution in [0.4, 0.5) is 0 Å². The van der Waals surface area contributed by atoms with Gasteiger partial charge in [-0.15, -0.1) is 0 Å². The van der Waals surface area contributed by atoms with E-state index in [4.69, 9.17) is 0 Å². The van der Waals surface area contributed by atoms with Gasteiger partial charge in [0, 0.05) is 18.6 Å². The van der Waals surface area contributed by atoms with Crippen LogP contribution < -0.4 is 0 Å². The van der Waals surface area contributed by atoms with Gasteiger partial charge in [0.25, 0.3) is 0 Å². The van der Waals surface area contributed by atoms with Gasteiger partial charge in [0.15, 0.2) is 0 Å². The minimum Gasteiger partial charge on any atom is -0.257 e. The van der Waals surface area contributed by atoms with Gasteiger partial charge >= 0.3 is 0 Å². The number of allylic oxidation sites excluding steroid dienone is 3. The first-order valence-corrected chi connectivity index (χ1v) is 5.83. The molecule has 86 valence electrons. The van der Waals surface area contributed by atoms with Crippen molar-refractivity contribution in [3.63, 3.8) is 0 Å². The highest BCUT2D eigenvalue weighted by molar-refractivity contribution is 5.92. The van der Waals surface area contributed by atoms with Crippen LogP contribution in [0, 0.1) is 6.92 Å². The van der Waals surface area contributed by atoms with Gasteiger partial charge in [0.05, 0.1) is 5.70 Å². The van der Waals surface area contributed by atoms with Gasteiger partial charge in [0.2, 0.25) is 0 Å². The normalized spacial score (nSPS) is 14.8. The minimum absolute atomic E-state index is 0.902. The molecule has 0 amide bonds. The van der Waals surface area contributed by atoms with Crippen LogP contribution in [0.2, 0.25) is 0 Å². The monoisotopic (exact) mass is 223 g/mol. The number of nitrogens with zero attached hydrogens (tertiary/aromatic N) is 1. The summed E-state index contributed by atoms with van der Waals surface area (Å²) in [5.74, 6) is 0. The molecule has 1 aromatic carbocycles. The second-order valence-corrected chi connectivity index (χ2v) is 4.34. The van der Waals surface area contributed by atoms with Crippen LogP contribution in [0.3, 0.4) is 0 Å². The molecule has 0 spiro atoms. The molecule has 0 fully saturated rings. The Morgan fingerprint density at radius 1 is 1.18 bits per heavy atom. The molecule has 0 atom stereocenters. The fraction of sp³-hybridized carbons (Fsp3) is 0.188. The molecule has 0 unspecified atom stereocenters. The molecule has 1 heteroatoms. The van der Waals surface area contributed by atoms with Crippen molar-refractivity contribution in [1.29, 1.82) is 0 Å². The number of aryl methyl sites for hydroxylation is 1. The maximum Gasteiger partial charge on any atom is 0.0658 e. The lowest BCUT2D eigenvalue weighted by Crippen LogP contribution is -2.00. The fourth-order valence-corrected chi connectivity index (χ4v) is 1.99. The van der Waals surface area contributed by atoms with Gasteiger partial charge in [-0.3, -0.25) is 4.99 Å². The topological polar surface area (TPSA) is 12.4 Å². The molecule has 17 heavy (non-hydrogen) atoms. The van der Waals surface area contributed by atoms with Crippen LogP contribution in [-0.4, -0.2) is 5.71 Å². The molecule has 0 radical (unpaired) electrons. The second kappa shape index (κ2) is 4.96. The first kappa shape index (κ1) is 11.6. The van der Waals surface area contributed by atoms with Crippen molar-refractivity contribution in [3.05, 3.63) is 72.0 Å². The van der Waals surface area contributed by atoms with Gasteiger partial charge in [-0.05, 0) is 24.1 Å². The Labute approximate surface area is 103 Å². The smallest absolute Gasteiger partial charge is 0.0658 e. The molecule has 0 saturated carbocycles. The lowest BCUT2D eigenvalue weighted by atomic mass is 10.0. The second-order valence-electron chi connectivity index (χ2n) is 4.34. The number of aliphatic imine (C=N–C) groups is 1. The molecule has 0 bridgehead atoms. The molecule has 0 aromatic heterocycles. The van der Waals surface area contributed by atoms with Gasteiger partial charge in [-0.2, -0.15) is 0 Å². The summed E-state index contributed by atoms with van der Waals surface area (Å²) in [5, 5.41) is 0. The van der Waals surface area contributed by atoms with Crippen LogP contribution in [0.1, 0.15) is 17.5 Å². The van der Waals surface area contributed by atoms with Gasteiger partial charge < -0.3 is 0 Å². The zero-order valence-corrected chi connectivity index (χ0v) is 10.2. The van der Waals surface area contributed by atoms with Crippen LogP contribution in [0.25, 0.3) is 0 Å². The lowest BCUT2D eigenvalue weighted by molar-refractivity contribution is 1.25. The van der Waals surface area contributed by atoms with Gasteiger partial charge in [0.1, 0.15) is 0 Å². The lowest BCUT2D eigenvalue weighted by Gasteiger charge is -2.02. The fourth-order valence-electron chi connectivity index (χ4n) is 1.99. The van der Waals surface area contributed by atoms with E-state index in [0.29, 0.717) is 0 Å². The van der Waals surface area contributed by atoms with Crippen molar-refractivity contribution in [2.75, 3.05) is 0 Å². The molecule has 1 nitrogen and oxygen atoms in total. The Bertz CT molecular complexity index is 501. The maximum atomic E-state index is 4.58. The summed E-state index contributed by atoms with van der Waals surface area (Å²) in [7, 11) is 0. The largest absolute Gasteiger partial charge is 0.257 e. The highest BCUT2D eigenvalue weighted by Gasteiger charge is 2.13. The number of hydrogen-bond acceptors (Lipinski definition) is 1. The van der Waals surface area contributed by atoms with Crippen molar-refractivity contribution in [3.8, 4) is 0 Å². The van der Waals surface area contributed by atoms with E-state index in [0.717, 1.165) is 18.5 Å². The van der Waals surface area contributed by atoms with Crippen molar-refractivity contribution in [2.45, 2.75) is 19.8 Å². The molecular formula is C16H17N. The van der Waals surface area contributed by atoms with E-state index in [2.05, 4.69) is 49.3 Å². The predicted molar refractivity (Wildman–Crippen MR) is 74.4 cm³/mol. The van der Waals surface area contributed by atoms with E-state index in [1.807, 2.05) is 6.08 Å². The molecule has 1 aromatic rings. The first-order valence-electron chi connectivity index (χ1n) is 5.83. The Kier molecular flexibility index (Phi) is 3.38. The minimum atomic E-state index is 0.902. The summed E-state index contributed by atoms with van der Waals surface area (Å²) in [4.78, 5) is 4.58. The predicted octanol–water partition coefficient (Wildman–Crippen LogP) is 4.01. The van der Waals surface area contributed by atoms with Crippen molar-refractivity contribution < 1.29 is 0 Å². The van der Waals surface area contributed by atoms with Crippen LogP contribution in [0.15, 0.2) is 65.8 Å². The number of hydrogen-bond donors (Lipinski definition) is 0. The zero-order valence-electron chi connectivity index (χ0n) is 10.2. The molecular weight excluding hydrogens is 206 g/mol. The van der Waals surface area contributed by atoms with Gasteiger partial charge in [-0.25, -0.2) is 0 Å². The Morgan fingerprint density at radius 2 is 1.88 bits per heavy atom. The average Bonchev–Trinajstić information content (AvgIpc) is 2.74. The standard InChI is InChI=1S/C16H17N/c1-4-14-11-15(17-16(14)5-2)10-13-8-6-12(3)7-9-13/h4-9H,1-2,10-11H2,3H3. The Morgan fingerprint density at radius 3 is 2.41 bits per heavy atom. The van der Waals surface area contributed by atoms with Gasteiger partial charge in [-0.1, -0.05) is 49.1 Å². The van der Waals surface area contributed by atoms with E-state index in [-0.39, 0.29) is 0 Å². The summed E-state index contributed by atoms with van der Waals surface area (Å²) in [6.07, 6.45) is 5.50. The molecule has 0 N–H and O–H groups in total. The Balaban J connectivity index is 2.11.